The number of hydrogen-bond donors (Lipinski definition) is 0. The molecule has 0 aliphatic rings. The number of hydrogen-bond acceptors (Lipinski definition) is 8. The Kier molecular flexibility index (Phi) is 4.85. The summed E-state index contributed by atoms with van der Waals surface area (Å²) in [6.07, 6.45) is 7.11. The highest BCUT2D eigenvalue weighted by atomic mass is 16.1. The van der Waals surface area contributed by atoms with Crippen molar-refractivity contribution in [2.45, 2.75) is 26.2 Å². The monoisotopic (exact) mass is 321 g/mol. The quantitative estimate of drug-likeness (QED) is 0.636. The smallest absolute Gasteiger partial charge is 0.240 e. The molecule has 0 fully saturated rings. The Hall–Kier alpha value is -3.16. The van der Waals surface area contributed by atoms with Gasteiger partial charge in [-0.15, -0.1) is 20.4 Å². The second kappa shape index (κ2) is 7.40. The van der Waals surface area contributed by atoms with E-state index >= 15 is 0 Å². The number of carbonyl (C=O) groups is 1. The highest BCUT2D eigenvalue weighted by Gasteiger charge is 2.11. The number of nitrogens with zero attached hydrogens (tertiary/aromatic N) is 7. The van der Waals surface area contributed by atoms with Gasteiger partial charge in [0.25, 0.3) is 0 Å². The maximum absolute atomic E-state index is 11.9. The highest BCUT2D eigenvalue weighted by Crippen LogP contribution is 2.13. The molecule has 0 saturated carbocycles. The number of ketones is 1. The minimum absolute atomic E-state index is 0.0876. The molecule has 0 saturated heterocycles. The van der Waals surface area contributed by atoms with Gasteiger partial charge in [-0.25, -0.2) is 9.97 Å². The molecule has 0 aliphatic carbocycles. The minimum atomic E-state index is 0.0876. The van der Waals surface area contributed by atoms with Crippen LogP contribution < -0.4 is 0 Å². The fraction of sp³-hybridized carbons (Fsp3) is 0.250. The predicted molar refractivity (Wildman–Crippen MR) is 85.7 cm³/mol. The SMILES string of the molecule is CCCCC(=O)c1ccc(-c2nnc(-c3ncccn3)nn2)nc1. The van der Waals surface area contributed by atoms with E-state index in [-0.39, 0.29) is 17.4 Å². The van der Waals surface area contributed by atoms with Crippen molar-refractivity contribution in [1.82, 2.24) is 35.3 Å². The maximum Gasteiger partial charge on any atom is 0.240 e. The Bertz CT molecular complexity index is 804. The summed E-state index contributed by atoms with van der Waals surface area (Å²) in [5, 5.41) is 15.9. The molecular formula is C16H15N7O. The van der Waals surface area contributed by atoms with Crippen LogP contribution in [0.1, 0.15) is 36.5 Å². The van der Waals surface area contributed by atoms with Gasteiger partial charge in [0.05, 0.1) is 0 Å². The van der Waals surface area contributed by atoms with E-state index in [9.17, 15) is 4.79 Å². The van der Waals surface area contributed by atoms with Crippen molar-refractivity contribution < 1.29 is 4.79 Å². The van der Waals surface area contributed by atoms with E-state index in [1.165, 1.54) is 6.20 Å². The van der Waals surface area contributed by atoms with Crippen LogP contribution in [0.5, 0.6) is 0 Å². The molecule has 120 valence electrons. The Morgan fingerprint density at radius 3 is 2.25 bits per heavy atom. The molecule has 0 atom stereocenters. The van der Waals surface area contributed by atoms with Crippen LogP contribution in [0, 0.1) is 0 Å². The molecule has 24 heavy (non-hydrogen) atoms. The van der Waals surface area contributed by atoms with Crippen LogP contribution in [0.15, 0.2) is 36.8 Å². The van der Waals surface area contributed by atoms with Gasteiger partial charge in [-0.2, -0.15) is 0 Å². The lowest BCUT2D eigenvalue weighted by atomic mass is 10.1. The molecule has 0 amide bonds. The van der Waals surface area contributed by atoms with Gasteiger partial charge in [0.2, 0.25) is 17.5 Å². The molecule has 0 aliphatic heterocycles. The van der Waals surface area contributed by atoms with Gasteiger partial charge in [0.1, 0.15) is 5.69 Å². The van der Waals surface area contributed by atoms with Crippen molar-refractivity contribution in [2.75, 3.05) is 0 Å². The van der Waals surface area contributed by atoms with Crippen LogP contribution in [-0.4, -0.2) is 41.1 Å². The summed E-state index contributed by atoms with van der Waals surface area (Å²) >= 11 is 0. The van der Waals surface area contributed by atoms with Gasteiger partial charge < -0.3 is 0 Å². The number of rotatable bonds is 6. The molecule has 0 unspecified atom stereocenters. The van der Waals surface area contributed by atoms with Gasteiger partial charge >= 0.3 is 0 Å². The molecule has 0 radical (unpaired) electrons. The Morgan fingerprint density at radius 1 is 0.917 bits per heavy atom. The van der Waals surface area contributed by atoms with Crippen molar-refractivity contribution in [3.8, 4) is 23.2 Å². The van der Waals surface area contributed by atoms with Crippen molar-refractivity contribution in [1.29, 1.82) is 0 Å². The van der Waals surface area contributed by atoms with Crippen molar-refractivity contribution in [3.63, 3.8) is 0 Å². The molecule has 0 bridgehead atoms. The van der Waals surface area contributed by atoms with Crippen LogP contribution in [0.3, 0.4) is 0 Å². The molecule has 3 heterocycles. The lowest BCUT2D eigenvalue weighted by Crippen LogP contribution is -2.03. The first kappa shape index (κ1) is 15.7. The third-order valence-corrected chi connectivity index (χ3v) is 3.32. The summed E-state index contributed by atoms with van der Waals surface area (Å²) < 4.78 is 0. The number of pyridine rings is 1. The summed E-state index contributed by atoms with van der Waals surface area (Å²) in [6.45, 7) is 2.05. The molecule has 0 spiro atoms. The van der Waals surface area contributed by atoms with Gasteiger partial charge in [-0.3, -0.25) is 9.78 Å². The number of aromatic nitrogens is 7. The second-order valence-electron chi connectivity index (χ2n) is 5.08. The van der Waals surface area contributed by atoms with Crippen LogP contribution in [0.4, 0.5) is 0 Å². The first-order valence-electron chi connectivity index (χ1n) is 7.62. The van der Waals surface area contributed by atoms with E-state index in [1.54, 1.807) is 30.6 Å². The summed E-state index contributed by atoms with van der Waals surface area (Å²) in [5.41, 5.74) is 1.09. The van der Waals surface area contributed by atoms with E-state index in [1.807, 2.05) is 0 Å². The molecule has 0 N–H and O–H groups in total. The summed E-state index contributed by atoms with van der Waals surface area (Å²) in [6, 6.07) is 5.11. The van der Waals surface area contributed by atoms with Crippen molar-refractivity contribution >= 4 is 5.78 Å². The zero-order valence-electron chi connectivity index (χ0n) is 13.1. The third kappa shape index (κ3) is 3.60. The largest absolute Gasteiger partial charge is 0.294 e. The van der Waals surface area contributed by atoms with E-state index in [2.05, 4.69) is 42.3 Å². The topological polar surface area (TPSA) is 107 Å². The zero-order chi connectivity index (χ0) is 16.8. The lowest BCUT2D eigenvalue weighted by Gasteiger charge is -2.02. The number of Topliss-reactive ketones (excluding diaryl/α,β-unsaturated/α-hetero) is 1. The lowest BCUT2D eigenvalue weighted by molar-refractivity contribution is 0.0979. The maximum atomic E-state index is 11.9. The molecule has 3 aromatic heterocycles. The van der Waals surface area contributed by atoms with Gasteiger partial charge in [-0.1, -0.05) is 13.3 Å². The molecular weight excluding hydrogens is 306 g/mol. The fourth-order valence-corrected chi connectivity index (χ4v) is 2.01. The first-order valence-corrected chi connectivity index (χ1v) is 7.62. The van der Waals surface area contributed by atoms with Crippen molar-refractivity contribution in [2.24, 2.45) is 0 Å². The van der Waals surface area contributed by atoms with E-state index in [4.69, 9.17) is 0 Å². The molecule has 8 nitrogen and oxygen atoms in total. The van der Waals surface area contributed by atoms with Crippen LogP contribution in [0.25, 0.3) is 23.2 Å². The first-order chi connectivity index (χ1) is 11.8. The molecule has 3 aromatic rings. The van der Waals surface area contributed by atoms with Gasteiger partial charge in [0, 0.05) is 30.6 Å². The summed E-state index contributed by atoms with van der Waals surface area (Å²) in [4.78, 5) is 24.2. The second-order valence-corrected chi connectivity index (χ2v) is 5.08. The zero-order valence-corrected chi connectivity index (χ0v) is 13.1. The standard InChI is InChI=1S/C16H15N7O/c1-2-3-5-13(24)11-6-7-12(19-10-11)14-20-22-16(23-21-14)15-17-8-4-9-18-15/h4,6-10H,2-3,5H2,1H3. The number of unbranched alkanes of at least 4 members (excludes halogenated alkanes) is 1. The fourth-order valence-electron chi connectivity index (χ4n) is 2.01. The Balaban J connectivity index is 1.76. The molecule has 0 aromatic carbocycles. The van der Waals surface area contributed by atoms with Gasteiger partial charge in [-0.05, 0) is 24.6 Å². The van der Waals surface area contributed by atoms with Crippen LogP contribution in [-0.2, 0) is 0 Å². The van der Waals surface area contributed by atoms with E-state index in [0.29, 0.717) is 23.5 Å². The average Bonchev–Trinajstić information content (AvgIpc) is 2.67. The molecule has 3 rings (SSSR count). The predicted octanol–water partition coefficient (Wildman–Crippen LogP) is 2.16. The summed E-state index contributed by atoms with van der Waals surface area (Å²) in [5.74, 6) is 0.964. The number of carbonyl (C=O) groups excluding carboxylic acids is 1. The van der Waals surface area contributed by atoms with E-state index < -0.39 is 0 Å². The average molecular weight is 321 g/mol. The normalized spacial score (nSPS) is 10.5. The Labute approximate surface area is 138 Å². The minimum Gasteiger partial charge on any atom is -0.294 e. The van der Waals surface area contributed by atoms with Gasteiger partial charge in [0.15, 0.2) is 5.78 Å². The van der Waals surface area contributed by atoms with Crippen LogP contribution in [0.2, 0.25) is 0 Å². The summed E-state index contributed by atoms with van der Waals surface area (Å²) in [7, 11) is 0. The van der Waals surface area contributed by atoms with Crippen molar-refractivity contribution in [3.05, 3.63) is 42.4 Å². The Morgan fingerprint density at radius 2 is 1.62 bits per heavy atom. The van der Waals surface area contributed by atoms with Crippen LogP contribution >= 0.6 is 0 Å². The van der Waals surface area contributed by atoms with E-state index in [0.717, 1.165) is 12.8 Å². The molecule has 8 heteroatoms. The third-order valence-electron chi connectivity index (χ3n) is 3.32. The highest BCUT2D eigenvalue weighted by molar-refractivity contribution is 5.95.